The molecule has 0 unspecified atom stereocenters. The van der Waals surface area contributed by atoms with Gasteiger partial charge in [-0.05, 0) is 11.4 Å². The van der Waals surface area contributed by atoms with E-state index in [0.29, 0.717) is 12.4 Å². The second-order valence-electron chi connectivity index (χ2n) is 6.00. The van der Waals surface area contributed by atoms with Crippen LogP contribution in [-0.2, 0) is 16.1 Å². The summed E-state index contributed by atoms with van der Waals surface area (Å²) in [6, 6.07) is 4.10. The Morgan fingerprint density at radius 1 is 1.31 bits per heavy atom. The standard InChI is InChI=1S/C17H19N5O2S2/c18-13(23)8-19-16-15-11(12-2-1-7-25-12)10-26-17(15)21-14(20-16)9-22-3-5-24-6-4-22/h1-2,7,10H,3-6,8-9H2,(H2,18,23)(H,19,20,21). The SMILES string of the molecule is NC(=O)CNc1nc(CN2CCOCC2)nc2scc(-c3cccs3)c12. The van der Waals surface area contributed by atoms with Gasteiger partial charge >= 0.3 is 0 Å². The van der Waals surface area contributed by atoms with E-state index >= 15 is 0 Å². The van der Waals surface area contributed by atoms with Gasteiger partial charge in [0.1, 0.15) is 16.5 Å². The zero-order valence-corrected chi connectivity index (χ0v) is 15.7. The van der Waals surface area contributed by atoms with Crippen LogP contribution < -0.4 is 11.1 Å². The van der Waals surface area contributed by atoms with Gasteiger partial charge in [0.05, 0.1) is 31.7 Å². The van der Waals surface area contributed by atoms with Crippen molar-refractivity contribution in [1.29, 1.82) is 0 Å². The lowest BCUT2D eigenvalue weighted by atomic mass is 10.2. The van der Waals surface area contributed by atoms with E-state index in [1.165, 1.54) is 0 Å². The van der Waals surface area contributed by atoms with Crippen molar-refractivity contribution in [2.24, 2.45) is 5.73 Å². The fourth-order valence-corrected chi connectivity index (χ4v) is 4.71. The predicted molar refractivity (Wildman–Crippen MR) is 105 cm³/mol. The van der Waals surface area contributed by atoms with Crippen molar-refractivity contribution >= 4 is 44.6 Å². The Kier molecular flexibility index (Phi) is 5.11. The molecule has 0 atom stereocenters. The van der Waals surface area contributed by atoms with E-state index < -0.39 is 5.91 Å². The largest absolute Gasteiger partial charge is 0.379 e. The van der Waals surface area contributed by atoms with Crippen molar-refractivity contribution < 1.29 is 9.53 Å². The van der Waals surface area contributed by atoms with Crippen LogP contribution in [0.25, 0.3) is 20.7 Å². The average molecular weight is 390 g/mol. The third kappa shape index (κ3) is 3.70. The molecular formula is C17H19N5O2S2. The van der Waals surface area contributed by atoms with Gasteiger partial charge in [0, 0.05) is 28.9 Å². The summed E-state index contributed by atoms with van der Waals surface area (Å²) in [5.74, 6) is 0.993. The summed E-state index contributed by atoms with van der Waals surface area (Å²) in [7, 11) is 0. The van der Waals surface area contributed by atoms with Gasteiger partial charge in [0.15, 0.2) is 0 Å². The highest BCUT2D eigenvalue weighted by Gasteiger charge is 2.18. The van der Waals surface area contributed by atoms with E-state index in [1.54, 1.807) is 22.7 Å². The van der Waals surface area contributed by atoms with Crippen LogP contribution in [0.15, 0.2) is 22.9 Å². The third-order valence-electron chi connectivity index (χ3n) is 4.17. The Morgan fingerprint density at radius 2 is 2.15 bits per heavy atom. The molecule has 0 aromatic carbocycles. The van der Waals surface area contributed by atoms with Crippen LogP contribution in [-0.4, -0.2) is 53.6 Å². The van der Waals surface area contributed by atoms with Crippen molar-refractivity contribution in [2.45, 2.75) is 6.54 Å². The smallest absolute Gasteiger partial charge is 0.236 e. The van der Waals surface area contributed by atoms with Gasteiger partial charge in [-0.15, -0.1) is 22.7 Å². The van der Waals surface area contributed by atoms with Gasteiger partial charge in [-0.3, -0.25) is 9.69 Å². The molecule has 1 aliphatic heterocycles. The number of hydrogen-bond acceptors (Lipinski definition) is 8. The van der Waals surface area contributed by atoms with E-state index in [4.69, 9.17) is 20.4 Å². The Balaban J connectivity index is 1.72. The molecule has 0 saturated carbocycles. The molecule has 4 rings (SSSR count). The second-order valence-corrected chi connectivity index (χ2v) is 7.81. The first-order valence-corrected chi connectivity index (χ1v) is 10.1. The molecule has 136 valence electrons. The van der Waals surface area contributed by atoms with Crippen molar-refractivity contribution in [1.82, 2.24) is 14.9 Å². The lowest BCUT2D eigenvalue weighted by Gasteiger charge is -2.25. The molecule has 1 amide bonds. The maximum atomic E-state index is 11.3. The first kappa shape index (κ1) is 17.3. The molecule has 3 aromatic rings. The minimum Gasteiger partial charge on any atom is -0.379 e. The van der Waals surface area contributed by atoms with Crippen LogP contribution in [0, 0.1) is 0 Å². The molecule has 26 heavy (non-hydrogen) atoms. The number of nitrogens with zero attached hydrogens (tertiary/aromatic N) is 3. The number of rotatable bonds is 6. The zero-order valence-electron chi connectivity index (χ0n) is 14.1. The normalized spacial score (nSPS) is 15.4. The van der Waals surface area contributed by atoms with Gasteiger partial charge in [0.2, 0.25) is 5.91 Å². The Bertz CT molecular complexity index is 903. The number of carbonyl (C=O) groups excluding carboxylic acids is 1. The maximum Gasteiger partial charge on any atom is 0.236 e. The molecule has 3 N–H and O–H groups in total. The summed E-state index contributed by atoms with van der Waals surface area (Å²) in [4.78, 5) is 25.1. The van der Waals surface area contributed by atoms with Gasteiger partial charge < -0.3 is 15.8 Å². The Morgan fingerprint density at radius 3 is 2.88 bits per heavy atom. The van der Waals surface area contributed by atoms with E-state index in [-0.39, 0.29) is 6.54 Å². The van der Waals surface area contributed by atoms with Gasteiger partial charge in [0.25, 0.3) is 0 Å². The number of nitrogens with two attached hydrogens (primary N) is 1. The number of aromatic nitrogens is 2. The minimum absolute atomic E-state index is 0.0445. The van der Waals surface area contributed by atoms with Crippen LogP contribution in [0.1, 0.15) is 5.82 Å². The highest BCUT2D eigenvalue weighted by molar-refractivity contribution is 7.18. The van der Waals surface area contributed by atoms with Crippen LogP contribution >= 0.6 is 22.7 Å². The van der Waals surface area contributed by atoms with Crippen LogP contribution in [0.4, 0.5) is 5.82 Å². The van der Waals surface area contributed by atoms with Crippen molar-refractivity contribution in [3.05, 3.63) is 28.7 Å². The summed E-state index contributed by atoms with van der Waals surface area (Å²) in [5.41, 5.74) is 6.41. The minimum atomic E-state index is -0.417. The number of anilines is 1. The maximum absolute atomic E-state index is 11.3. The molecule has 1 aliphatic rings. The number of amides is 1. The number of ether oxygens (including phenoxy) is 1. The summed E-state index contributed by atoms with van der Waals surface area (Å²) in [5, 5.41) is 8.19. The molecule has 9 heteroatoms. The summed E-state index contributed by atoms with van der Waals surface area (Å²) < 4.78 is 5.40. The summed E-state index contributed by atoms with van der Waals surface area (Å²) in [6.45, 7) is 3.92. The second kappa shape index (κ2) is 7.67. The van der Waals surface area contributed by atoms with Crippen LogP contribution in [0.2, 0.25) is 0 Å². The fraction of sp³-hybridized carbons (Fsp3) is 0.353. The topological polar surface area (TPSA) is 93.4 Å². The van der Waals surface area contributed by atoms with E-state index in [0.717, 1.165) is 52.8 Å². The number of thiophene rings is 2. The van der Waals surface area contributed by atoms with Gasteiger partial charge in [-0.25, -0.2) is 9.97 Å². The van der Waals surface area contributed by atoms with E-state index in [2.05, 4.69) is 21.7 Å². The lowest BCUT2D eigenvalue weighted by molar-refractivity contribution is -0.116. The zero-order chi connectivity index (χ0) is 17.9. The van der Waals surface area contributed by atoms with Crippen molar-refractivity contribution in [2.75, 3.05) is 38.2 Å². The molecule has 0 radical (unpaired) electrons. The highest BCUT2D eigenvalue weighted by Crippen LogP contribution is 2.38. The molecule has 1 fully saturated rings. The highest BCUT2D eigenvalue weighted by atomic mass is 32.1. The van der Waals surface area contributed by atoms with E-state index in [9.17, 15) is 4.79 Å². The number of hydrogen-bond donors (Lipinski definition) is 2. The molecule has 0 bridgehead atoms. The van der Waals surface area contributed by atoms with E-state index in [1.807, 2.05) is 11.4 Å². The average Bonchev–Trinajstić information content (AvgIpc) is 3.29. The molecule has 1 saturated heterocycles. The number of morpholine rings is 1. The molecular weight excluding hydrogens is 370 g/mol. The monoisotopic (exact) mass is 389 g/mol. The van der Waals surface area contributed by atoms with Crippen LogP contribution in [0.3, 0.4) is 0 Å². The summed E-state index contributed by atoms with van der Waals surface area (Å²) in [6.07, 6.45) is 0. The first-order chi connectivity index (χ1) is 12.7. The van der Waals surface area contributed by atoms with Crippen molar-refractivity contribution in [3.8, 4) is 10.4 Å². The quantitative estimate of drug-likeness (QED) is 0.671. The molecule has 3 aromatic heterocycles. The van der Waals surface area contributed by atoms with Crippen LogP contribution in [0.5, 0.6) is 0 Å². The third-order valence-corrected chi connectivity index (χ3v) is 5.94. The molecule has 0 aliphatic carbocycles. The number of primary amides is 1. The fourth-order valence-electron chi connectivity index (χ4n) is 2.93. The lowest BCUT2D eigenvalue weighted by Crippen LogP contribution is -2.36. The Hall–Kier alpha value is -2.07. The predicted octanol–water partition coefficient (Wildman–Crippen LogP) is 2.15. The summed E-state index contributed by atoms with van der Waals surface area (Å²) >= 11 is 3.26. The molecule has 0 spiro atoms. The van der Waals surface area contributed by atoms with Gasteiger partial charge in [-0.2, -0.15) is 0 Å². The Labute approximate surface area is 158 Å². The number of carbonyl (C=O) groups is 1. The molecule has 4 heterocycles. The number of nitrogens with one attached hydrogen (secondary N) is 1. The number of fused-ring (bicyclic) bond motifs is 1. The first-order valence-electron chi connectivity index (χ1n) is 8.35. The molecule has 7 nitrogen and oxygen atoms in total. The van der Waals surface area contributed by atoms with Crippen molar-refractivity contribution in [3.63, 3.8) is 0 Å². The van der Waals surface area contributed by atoms with Gasteiger partial charge in [-0.1, -0.05) is 6.07 Å².